The first kappa shape index (κ1) is 13.7. The third-order valence-corrected chi connectivity index (χ3v) is 2.08. The largest absolute Gasteiger partial charge is 0.457 e. The van der Waals surface area contributed by atoms with Crippen LogP contribution in [0.4, 0.5) is 0 Å². The molecule has 0 radical (unpaired) electrons. The summed E-state index contributed by atoms with van der Waals surface area (Å²) in [6.07, 6.45) is 0. The molecule has 0 N–H and O–H groups in total. The zero-order chi connectivity index (χ0) is 13.5. The molecule has 1 aromatic carbocycles. The molecule has 0 fully saturated rings. The first-order valence-corrected chi connectivity index (χ1v) is 5.17. The molecule has 0 heterocycles. The molecule has 1 rings (SSSR count). The highest BCUT2D eigenvalue weighted by molar-refractivity contribution is 5.86. The van der Waals surface area contributed by atoms with Crippen LogP contribution in [0.25, 0.3) is 0 Å². The molecule has 0 saturated heterocycles. The summed E-state index contributed by atoms with van der Waals surface area (Å²) >= 11 is 0. The fourth-order valence-corrected chi connectivity index (χ4v) is 1.13. The maximum atomic E-state index is 11.1. The van der Waals surface area contributed by atoms with Crippen molar-refractivity contribution in [3.63, 3.8) is 0 Å². The van der Waals surface area contributed by atoms with Gasteiger partial charge in [-0.15, -0.1) is 10.1 Å². The molecule has 0 aromatic heterocycles. The average Bonchev–Trinajstić information content (AvgIpc) is 2.34. The summed E-state index contributed by atoms with van der Waals surface area (Å²) in [5.74, 6) is -0.448. The van der Waals surface area contributed by atoms with E-state index in [-0.39, 0.29) is 13.2 Å². The molecule has 0 saturated carbocycles. The van der Waals surface area contributed by atoms with E-state index in [0.717, 1.165) is 5.56 Å². The molecule has 0 unspecified atom stereocenters. The number of nitrogens with zero attached hydrogens (tertiary/aromatic N) is 1. The standard InChI is InChI=1S/C12H13NO5/c1-9(2)12(14)17-7-10-3-5-11(6-4-10)8-18-13(15)16/h3-6H,1,7-8H2,2H3. The molecule has 0 atom stereocenters. The molecular weight excluding hydrogens is 238 g/mol. The Morgan fingerprint density at radius 3 is 2.22 bits per heavy atom. The van der Waals surface area contributed by atoms with E-state index < -0.39 is 11.1 Å². The third-order valence-electron chi connectivity index (χ3n) is 2.08. The van der Waals surface area contributed by atoms with Crippen LogP contribution in [-0.4, -0.2) is 11.1 Å². The van der Waals surface area contributed by atoms with Crippen molar-refractivity contribution < 1.29 is 19.5 Å². The summed E-state index contributed by atoms with van der Waals surface area (Å²) in [5.41, 5.74) is 1.79. The van der Waals surface area contributed by atoms with Crippen molar-refractivity contribution in [1.29, 1.82) is 0 Å². The van der Waals surface area contributed by atoms with Crippen LogP contribution < -0.4 is 0 Å². The van der Waals surface area contributed by atoms with E-state index in [1.165, 1.54) is 0 Å². The molecule has 0 aliphatic rings. The molecule has 0 bridgehead atoms. The summed E-state index contributed by atoms with van der Waals surface area (Å²) < 4.78 is 4.95. The van der Waals surface area contributed by atoms with Crippen molar-refractivity contribution in [2.45, 2.75) is 20.1 Å². The SMILES string of the molecule is C=C(C)C(=O)OCc1ccc(CO[N+](=O)[O-])cc1. The molecular formula is C12H13NO5. The lowest BCUT2D eigenvalue weighted by Gasteiger charge is -2.05. The zero-order valence-electron chi connectivity index (χ0n) is 9.92. The van der Waals surface area contributed by atoms with Gasteiger partial charge in [-0.1, -0.05) is 30.8 Å². The third kappa shape index (κ3) is 4.65. The molecule has 0 amide bonds. The van der Waals surface area contributed by atoms with Crippen LogP contribution in [0.5, 0.6) is 0 Å². The van der Waals surface area contributed by atoms with Gasteiger partial charge < -0.3 is 9.57 Å². The van der Waals surface area contributed by atoms with E-state index in [1.54, 1.807) is 31.2 Å². The Morgan fingerprint density at radius 2 is 1.78 bits per heavy atom. The van der Waals surface area contributed by atoms with E-state index in [0.29, 0.717) is 11.1 Å². The predicted octanol–water partition coefficient (Wildman–Crippen LogP) is 2.01. The Labute approximate surface area is 104 Å². The normalized spacial score (nSPS) is 9.61. The maximum absolute atomic E-state index is 11.1. The Balaban J connectivity index is 2.47. The van der Waals surface area contributed by atoms with Crippen LogP contribution in [-0.2, 0) is 27.6 Å². The van der Waals surface area contributed by atoms with Crippen LogP contribution in [0.1, 0.15) is 18.1 Å². The smallest absolute Gasteiger partial charge is 0.333 e. The van der Waals surface area contributed by atoms with Gasteiger partial charge in [-0.2, -0.15) is 0 Å². The van der Waals surface area contributed by atoms with Crippen molar-refractivity contribution in [3.8, 4) is 0 Å². The van der Waals surface area contributed by atoms with Crippen LogP contribution in [0, 0.1) is 10.1 Å². The van der Waals surface area contributed by atoms with Crippen molar-refractivity contribution in [3.05, 3.63) is 57.7 Å². The lowest BCUT2D eigenvalue weighted by atomic mass is 10.1. The first-order chi connectivity index (χ1) is 8.49. The van der Waals surface area contributed by atoms with Crippen LogP contribution >= 0.6 is 0 Å². The zero-order valence-corrected chi connectivity index (χ0v) is 9.92. The Bertz CT molecular complexity index is 452. The van der Waals surface area contributed by atoms with Gasteiger partial charge in [0, 0.05) is 5.57 Å². The summed E-state index contributed by atoms with van der Waals surface area (Å²) in [6, 6.07) is 6.77. The van der Waals surface area contributed by atoms with Gasteiger partial charge in [0.2, 0.25) is 0 Å². The molecule has 18 heavy (non-hydrogen) atoms. The van der Waals surface area contributed by atoms with Gasteiger partial charge in [0.05, 0.1) is 0 Å². The number of hydrogen-bond acceptors (Lipinski definition) is 5. The first-order valence-electron chi connectivity index (χ1n) is 5.17. The number of ether oxygens (including phenoxy) is 1. The predicted molar refractivity (Wildman–Crippen MR) is 62.8 cm³/mol. The number of rotatable bonds is 6. The quantitative estimate of drug-likeness (QED) is 0.334. The van der Waals surface area contributed by atoms with Gasteiger partial charge >= 0.3 is 5.97 Å². The summed E-state index contributed by atoms with van der Waals surface area (Å²) in [6.45, 7) is 5.08. The van der Waals surface area contributed by atoms with Crippen molar-refractivity contribution in [2.24, 2.45) is 0 Å². The lowest BCUT2D eigenvalue weighted by Crippen LogP contribution is -2.05. The number of carbonyl (C=O) groups excluding carboxylic acids is 1. The van der Waals surface area contributed by atoms with Gasteiger partial charge in [0.15, 0.2) is 0 Å². The van der Waals surface area contributed by atoms with Crippen LogP contribution in [0.3, 0.4) is 0 Å². The maximum Gasteiger partial charge on any atom is 0.333 e. The molecule has 0 aliphatic heterocycles. The van der Waals surface area contributed by atoms with E-state index in [4.69, 9.17) is 4.74 Å². The lowest BCUT2D eigenvalue weighted by molar-refractivity contribution is -0.763. The van der Waals surface area contributed by atoms with Gasteiger partial charge in [0.25, 0.3) is 5.09 Å². The highest BCUT2D eigenvalue weighted by atomic mass is 16.9. The topological polar surface area (TPSA) is 78.7 Å². The number of esters is 1. The summed E-state index contributed by atoms with van der Waals surface area (Å²) in [7, 11) is 0. The van der Waals surface area contributed by atoms with Crippen molar-refractivity contribution in [2.75, 3.05) is 0 Å². The van der Waals surface area contributed by atoms with Crippen molar-refractivity contribution >= 4 is 5.97 Å². The molecule has 6 nitrogen and oxygen atoms in total. The van der Waals surface area contributed by atoms with Crippen LogP contribution in [0.2, 0.25) is 0 Å². The molecule has 6 heteroatoms. The Morgan fingerprint density at radius 1 is 1.28 bits per heavy atom. The van der Waals surface area contributed by atoms with Gasteiger partial charge in [-0.05, 0) is 18.1 Å². The Kier molecular flexibility index (Phi) is 4.86. The highest BCUT2D eigenvalue weighted by Crippen LogP contribution is 2.08. The molecule has 96 valence electrons. The van der Waals surface area contributed by atoms with E-state index >= 15 is 0 Å². The second kappa shape index (κ2) is 6.39. The number of hydrogen-bond donors (Lipinski definition) is 0. The van der Waals surface area contributed by atoms with Crippen molar-refractivity contribution in [1.82, 2.24) is 0 Å². The minimum absolute atomic E-state index is 0.0984. The minimum Gasteiger partial charge on any atom is -0.457 e. The second-order valence-corrected chi connectivity index (χ2v) is 3.67. The fourth-order valence-electron chi connectivity index (χ4n) is 1.13. The second-order valence-electron chi connectivity index (χ2n) is 3.67. The van der Waals surface area contributed by atoms with Gasteiger partial charge in [-0.25, -0.2) is 4.79 Å². The van der Waals surface area contributed by atoms with Gasteiger partial charge in [0.1, 0.15) is 13.2 Å². The number of benzene rings is 1. The average molecular weight is 251 g/mol. The highest BCUT2D eigenvalue weighted by Gasteiger charge is 2.04. The summed E-state index contributed by atoms with van der Waals surface area (Å²) in [4.78, 5) is 25.4. The van der Waals surface area contributed by atoms with Gasteiger partial charge in [-0.3, -0.25) is 0 Å². The van der Waals surface area contributed by atoms with E-state index in [1.807, 2.05) is 0 Å². The molecule has 0 spiro atoms. The monoisotopic (exact) mass is 251 g/mol. The van der Waals surface area contributed by atoms with Crippen LogP contribution in [0.15, 0.2) is 36.4 Å². The van der Waals surface area contributed by atoms with E-state index in [2.05, 4.69) is 11.4 Å². The molecule has 0 aliphatic carbocycles. The summed E-state index contributed by atoms with van der Waals surface area (Å²) in [5, 5.41) is 9.15. The fraction of sp³-hybridized carbons (Fsp3) is 0.250. The minimum atomic E-state index is -0.845. The molecule has 1 aromatic rings. The Hall–Kier alpha value is -2.37. The number of carbonyl (C=O) groups is 1. The van der Waals surface area contributed by atoms with E-state index in [9.17, 15) is 14.9 Å².